The average Bonchev–Trinajstić information content (AvgIpc) is 2.73. The van der Waals surface area contributed by atoms with Gasteiger partial charge in [0.2, 0.25) is 0 Å². The van der Waals surface area contributed by atoms with E-state index in [1.165, 1.54) is 0 Å². The molecule has 0 aromatic heterocycles. The Morgan fingerprint density at radius 1 is 1.50 bits per heavy atom. The van der Waals surface area contributed by atoms with Crippen LogP contribution < -0.4 is 0 Å². The molecule has 0 aromatic rings. The van der Waals surface area contributed by atoms with Gasteiger partial charge < -0.3 is 9.64 Å². The lowest BCUT2D eigenvalue weighted by molar-refractivity contribution is 0.0278. The smallest absolute Gasteiger partial charge is 0.410 e. The van der Waals surface area contributed by atoms with Crippen LogP contribution in [0.25, 0.3) is 0 Å². The second-order valence-electron chi connectivity index (χ2n) is 6.29. The van der Waals surface area contributed by atoms with Crippen LogP contribution in [0, 0.1) is 0 Å². The molecule has 0 radical (unpaired) electrons. The van der Waals surface area contributed by atoms with Crippen molar-refractivity contribution in [3.8, 4) is 0 Å². The Hall–Kier alpha value is -0.770. The average molecular weight is 256 g/mol. The van der Waals surface area contributed by atoms with Crippen LogP contribution in [-0.4, -0.2) is 53.7 Å². The Kier molecular flexibility index (Phi) is 5.02. The molecule has 106 valence electrons. The number of ether oxygens (including phenoxy) is 1. The van der Waals surface area contributed by atoms with Crippen molar-refractivity contribution < 1.29 is 9.53 Å². The highest BCUT2D eigenvalue weighted by molar-refractivity contribution is 5.68. The molecule has 2 unspecified atom stereocenters. The lowest BCUT2D eigenvalue weighted by Gasteiger charge is -2.30. The minimum Gasteiger partial charge on any atom is -0.444 e. The number of hydrogen-bond acceptors (Lipinski definition) is 3. The van der Waals surface area contributed by atoms with Gasteiger partial charge in [0.05, 0.1) is 0 Å². The maximum Gasteiger partial charge on any atom is 0.410 e. The van der Waals surface area contributed by atoms with E-state index < -0.39 is 5.60 Å². The monoisotopic (exact) mass is 256 g/mol. The summed E-state index contributed by atoms with van der Waals surface area (Å²) in [4.78, 5) is 16.2. The van der Waals surface area contributed by atoms with E-state index in [1.54, 1.807) is 0 Å². The SMILES string of the molecule is CCC(C)N(C)C1CCN(C(=O)OC(C)(C)C)C1. The van der Waals surface area contributed by atoms with Crippen molar-refractivity contribution in [2.24, 2.45) is 0 Å². The minimum absolute atomic E-state index is 0.178. The third-order valence-electron chi connectivity index (χ3n) is 3.68. The van der Waals surface area contributed by atoms with E-state index >= 15 is 0 Å². The molecule has 1 fully saturated rings. The Bertz CT molecular complexity index is 286. The van der Waals surface area contributed by atoms with Crippen LogP contribution in [0.3, 0.4) is 0 Å². The van der Waals surface area contributed by atoms with E-state index in [0.29, 0.717) is 12.1 Å². The van der Waals surface area contributed by atoms with Gasteiger partial charge in [-0.2, -0.15) is 0 Å². The second kappa shape index (κ2) is 5.91. The molecule has 18 heavy (non-hydrogen) atoms. The van der Waals surface area contributed by atoms with Crippen molar-refractivity contribution in [2.45, 2.75) is 65.1 Å². The fraction of sp³-hybridized carbons (Fsp3) is 0.929. The van der Waals surface area contributed by atoms with Crippen molar-refractivity contribution in [1.29, 1.82) is 0 Å². The zero-order valence-electron chi connectivity index (χ0n) is 12.7. The molecule has 4 nitrogen and oxygen atoms in total. The topological polar surface area (TPSA) is 32.8 Å². The summed E-state index contributed by atoms with van der Waals surface area (Å²) in [7, 11) is 2.15. The first-order valence-corrected chi connectivity index (χ1v) is 6.94. The number of amides is 1. The van der Waals surface area contributed by atoms with E-state index in [2.05, 4.69) is 25.8 Å². The Morgan fingerprint density at radius 3 is 2.61 bits per heavy atom. The molecule has 0 aliphatic carbocycles. The number of hydrogen-bond donors (Lipinski definition) is 0. The highest BCUT2D eigenvalue weighted by atomic mass is 16.6. The van der Waals surface area contributed by atoms with Crippen LogP contribution in [0.15, 0.2) is 0 Å². The van der Waals surface area contributed by atoms with E-state index in [9.17, 15) is 4.79 Å². The highest BCUT2D eigenvalue weighted by Gasteiger charge is 2.32. The highest BCUT2D eigenvalue weighted by Crippen LogP contribution is 2.20. The van der Waals surface area contributed by atoms with Gasteiger partial charge in [-0.15, -0.1) is 0 Å². The van der Waals surface area contributed by atoms with Gasteiger partial charge in [-0.25, -0.2) is 4.79 Å². The summed E-state index contributed by atoms with van der Waals surface area (Å²) in [5.41, 5.74) is -0.405. The van der Waals surface area contributed by atoms with Crippen molar-refractivity contribution in [2.75, 3.05) is 20.1 Å². The minimum atomic E-state index is -0.405. The van der Waals surface area contributed by atoms with Crippen LogP contribution >= 0.6 is 0 Å². The van der Waals surface area contributed by atoms with Crippen molar-refractivity contribution in [3.63, 3.8) is 0 Å². The number of likely N-dealkylation sites (N-methyl/N-ethyl adjacent to an activating group) is 1. The largest absolute Gasteiger partial charge is 0.444 e. The molecule has 1 rings (SSSR count). The fourth-order valence-corrected chi connectivity index (χ4v) is 2.21. The van der Waals surface area contributed by atoms with Crippen LogP contribution in [0.4, 0.5) is 4.79 Å². The van der Waals surface area contributed by atoms with Gasteiger partial charge in [0.25, 0.3) is 0 Å². The van der Waals surface area contributed by atoms with Crippen LogP contribution in [0.5, 0.6) is 0 Å². The molecule has 1 amide bonds. The normalized spacial score (nSPS) is 22.4. The van der Waals surface area contributed by atoms with E-state index in [1.807, 2.05) is 25.7 Å². The molecule has 0 spiro atoms. The second-order valence-corrected chi connectivity index (χ2v) is 6.29. The van der Waals surface area contributed by atoms with E-state index in [-0.39, 0.29) is 6.09 Å². The first-order valence-electron chi connectivity index (χ1n) is 6.94. The van der Waals surface area contributed by atoms with Gasteiger partial charge in [-0.1, -0.05) is 6.92 Å². The van der Waals surface area contributed by atoms with Crippen molar-refractivity contribution >= 4 is 6.09 Å². The van der Waals surface area contributed by atoms with Gasteiger partial charge >= 0.3 is 6.09 Å². The quantitative estimate of drug-likeness (QED) is 0.778. The van der Waals surface area contributed by atoms with E-state index in [0.717, 1.165) is 25.9 Å². The van der Waals surface area contributed by atoms with Gasteiger partial charge in [-0.05, 0) is 47.6 Å². The molecule has 4 heteroatoms. The standard InChI is InChI=1S/C14H28N2O2/c1-7-11(2)15(6)12-8-9-16(10-12)13(17)18-14(3,4)5/h11-12H,7-10H2,1-6H3. The van der Waals surface area contributed by atoms with Crippen LogP contribution in [0.1, 0.15) is 47.5 Å². The maximum atomic E-state index is 12.0. The van der Waals surface area contributed by atoms with Gasteiger partial charge in [0.1, 0.15) is 5.60 Å². The summed E-state index contributed by atoms with van der Waals surface area (Å²) in [6.07, 6.45) is 2.00. The molecule has 0 bridgehead atoms. The summed E-state index contributed by atoms with van der Waals surface area (Å²) in [5, 5.41) is 0. The molecule has 1 saturated heterocycles. The molecule has 1 aliphatic rings. The number of carbonyl (C=O) groups is 1. The zero-order chi connectivity index (χ0) is 13.9. The van der Waals surface area contributed by atoms with Crippen molar-refractivity contribution in [3.05, 3.63) is 0 Å². The molecule has 1 aliphatic heterocycles. The Morgan fingerprint density at radius 2 is 2.11 bits per heavy atom. The predicted molar refractivity (Wildman–Crippen MR) is 73.7 cm³/mol. The van der Waals surface area contributed by atoms with Gasteiger partial charge in [0, 0.05) is 25.2 Å². The lowest BCUT2D eigenvalue weighted by Crippen LogP contribution is -2.42. The number of rotatable bonds is 3. The lowest BCUT2D eigenvalue weighted by atomic mass is 10.1. The third kappa shape index (κ3) is 4.16. The summed E-state index contributed by atoms with van der Waals surface area (Å²) in [5.74, 6) is 0. The Labute approximate surface area is 111 Å². The number of likely N-dealkylation sites (tertiary alicyclic amines) is 1. The first-order chi connectivity index (χ1) is 8.24. The zero-order valence-corrected chi connectivity index (χ0v) is 12.7. The fourth-order valence-electron chi connectivity index (χ4n) is 2.21. The number of nitrogens with zero attached hydrogens (tertiary/aromatic N) is 2. The number of carbonyl (C=O) groups excluding carboxylic acids is 1. The summed E-state index contributed by atoms with van der Waals surface area (Å²) < 4.78 is 5.40. The van der Waals surface area contributed by atoms with Gasteiger partial charge in [0.15, 0.2) is 0 Å². The molecular weight excluding hydrogens is 228 g/mol. The third-order valence-corrected chi connectivity index (χ3v) is 3.68. The molecular formula is C14H28N2O2. The summed E-state index contributed by atoms with van der Waals surface area (Å²) in [6.45, 7) is 11.7. The molecule has 2 atom stereocenters. The van der Waals surface area contributed by atoms with E-state index in [4.69, 9.17) is 4.74 Å². The van der Waals surface area contributed by atoms with Crippen molar-refractivity contribution in [1.82, 2.24) is 9.80 Å². The van der Waals surface area contributed by atoms with Crippen LogP contribution in [0.2, 0.25) is 0 Å². The molecule has 0 saturated carbocycles. The van der Waals surface area contributed by atoms with Crippen LogP contribution in [-0.2, 0) is 4.74 Å². The maximum absolute atomic E-state index is 12.0. The molecule has 0 aromatic carbocycles. The first kappa shape index (κ1) is 15.3. The van der Waals surface area contributed by atoms with Gasteiger partial charge in [-0.3, -0.25) is 4.90 Å². The summed E-state index contributed by atoms with van der Waals surface area (Å²) >= 11 is 0. The predicted octanol–water partition coefficient (Wildman–Crippen LogP) is 2.73. The molecule has 1 heterocycles. The molecule has 0 N–H and O–H groups in total. The summed E-state index contributed by atoms with van der Waals surface area (Å²) in [6, 6.07) is 1.03. The Balaban J connectivity index is 2.48.